The number of guanidine groups is 1. The molecule has 0 atom stereocenters. The van der Waals surface area contributed by atoms with Gasteiger partial charge in [-0.2, -0.15) is 0 Å². The summed E-state index contributed by atoms with van der Waals surface area (Å²) in [6.07, 6.45) is 0. The van der Waals surface area contributed by atoms with E-state index in [1.54, 1.807) is 6.07 Å². The van der Waals surface area contributed by atoms with E-state index in [0.717, 1.165) is 0 Å². The normalized spacial score (nSPS) is 9.77. The van der Waals surface area contributed by atoms with Crippen molar-refractivity contribution < 1.29 is 4.39 Å². The molecule has 1 aromatic carbocycles. The first kappa shape index (κ1) is 10.5. The number of rotatable bonds is 1. The van der Waals surface area contributed by atoms with Crippen LogP contribution in [0.5, 0.6) is 0 Å². The summed E-state index contributed by atoms with van der Waals surface area (Å²) < 4.78 is 14.3. The summed E-state index contributed by atoms with van der Waals surface area (Å²) in [7, 11) is 0. The maximum atomic E-state index is 13.2. The topological polar surface area (TPSA) is 64.4 Å². The molecule has 1 aromatic rings. The Labute approximate surface area is 91.3 Å². The molecule has 0 amide bonds. The fraction of sp³-hybridized carbons (Fsp3) is 0. The Morgan fingerprint density at radius 1 is 1.31 bits per heavy atom. The summed E-state index contributed by atoms with van der Waals surface area (Å²) in [5, 5.41) is 0. The zero-order chi connectivity index (χ0) is 10.0. The lowest BCUT2D eigenvalue weighted by atomic mass is 10.3. The smallest absolute Gasteiger partial charge is 0.191 e. The third-order valence-corrected chi connectivity index (χ3v) is 2.28. The van der Waals surface area contributed by atoms with Gasteiger partial charge in [0.15, 0.2) is 11.8 Å². The summed E-state index contributed by atoms with van der Waals surface area (Å²) in [4.78, 5) is 3.63. The van der Waals surface area contributed by atoms with Crippen LogP contribution in [0.1, 0.15) is 0 Å². The largest absolute Gasteiger partial charge is 0.370 e. The zero-order valence-electron chi connectivity index (χ0n) is 6.39. The molecule has 70 valence electrons. The van der Waals surface area contributed by atoms with Gasteiger partial charge >= 0.3 is 0 Å². The Balaban J connectivity index is 3.29. The van der Waals surface area contributed by atoms with Crippen molar-refractivity contribution in [2.45, 2.75) is 0 Å². The highest BCUT2D eigenvalue weighted by molar-refractivity contribution is 9.11. The Morgan fingerprint density at radius 2 is 1.92 bits per heavy atom. The van der Waals surface area contributed by atoms with Crippen LogP contribution in [-0.4, -0.2) is 5.96 Å². The lowest BCUT2D eigenvalue weighted by Crippen LogP contribution is -2.22. The quantitative estimate of drug-likeness (QED) is 0.617. The fourth-order valence-corrected chi connectivity index (χ4v) is 2.03. The molecular formula is C7H6Br2FN3. The molecule has 13 heavy (non-hydrogen) atoms. The molecule has 6 heteroatoms. The van der Waals surface area contributed by atoms with Crippen LogP contribution in [0.3, 0.4) is 0 Å². The molecule has 0 saturated heterocycles. The van der Waals surface area contributed by atoms with Crippen LogP contribution in [0.25, 0.3) is 0 Å². The molecule has 4 N–H and O–H groups in total. The third-order valence-electron chi connectivity index (χ3n) is 1.22. The molecule has 0 fully saturated rings. The van der Waals surface area contributed by atoms with Gasteiger partial charge in [-0.05, 0) is 28.1 Å². The minimum absolute atomic E-state index is 0.100. The Hall–Kier alpha value is -0.620. The summed E-state index contributed by atoms with van der Waals surface area (Å²) in [5.74, 6) is -0.670. The molecule has 0 aliphatic heterocycles. The van der Waals surface area contributed by atoms with Crippen molar-refractivity contribution >= 4 is 43.5 Å². The molecule has 0 spiro atoms. The molecular weight excluding hydrogens is 305 g/mol. The standard InChI is InChI=1S/C7H6Br2FN3/c8-3-1-4(9)6(5(10)2-3)13-7(11)12/h1-2H,(H4,11,12,13). The van der Waals surface area contributed by atoms with Crippen molar-refractivity contribution in [2.24, 2.45) is 16.5 Å². The lowest BCUT2D eigenvalue weighted by Gasteiger charge is -2.01. The van der Waals surface area contributed by atoms with Crippen LogP contribution in [0.2, 0.25) is 0 Å². The first-order chi connectivity index (χ1) is 6.00. The van der Waals surface area contributed by atoms with Crippen molar-refractivity contribution in [3.8, 4) is 0 Å². The molecule has 0 radical (unpaired) electrons. The highest BCUT2D eigenvalue weighted by atomic mass is 79.9. The van der Waals surface area contributed by atoms with Gasteiger partial charge in [0.2, 0.25) is 0 Å². The van der Waals surface area contributed by atoms with Crippen LogP contribution < -0.4 is 11.5 Å². The van der Waals surface area contributed by atoms with Crippen LogP contribution >= 0.6 is 31.9 Å². The molecule has 0 aliphatic rings. The van der Waals surface area contributed by atoms with Gasteiger partial charge in [0.1, 0.15) is 5.69 Å². The number of benzene rings is 1. The Bertz CT molecular complexity index is 338. The van der Waals surface area contributed by atoms with Gasteiger partial charge in [-0.1, -0.05) is 15.9 Å². The van der Waals surface area contributed by atoms with Crippen molar-refractivity contribution in [3.05, 3.63) is 26.9 Å². The summed E-state index contributed by atoms with van der Waals surface area (Å²) in [6, 6.07) is 2.94. The number of hydrogen-bond acceptors (Lipinski definition) is 1. The van der Waals surface area contributed by atoms with E-state index in [4.69, 9.17) is 11.5 Å². The van der Waals surface area contributed by atoms with E-state index in [1.807, 2.05) is 0 Å². The van der Waals surface area contributed by atoms with E-state index < -0.39 is 5.82 Å². The molecule has 0 unspecified atom stereocenters. The summed E-state index contributed by atoms with van der Waals surface area (Å²) in [5.41, 5.74) is 10.4. The van der Waals surface area contributed by atoms with Crippen molar-refractivity contribution in [1.82, 2.24) is 0 Å². The van der Waals surface area contributed by atoms with Gasteiger partial charge in [0, 0.05) is 8.95 Å². The number of hydrogen-bond donors (Lipinski definition) is 2. The Kier molecular flexibility index (Phi) is 3.27. The first-order valence-corrected chi connectivity index (χ1v) is 4.83. The molecule has 0 aliphatic carbocycles. The van der Waals surface area contributed by atoms with E-state index in [2.05, 4.69) is 36.9 Å². The monoisotopic (exact) mass is 309 g/mol. The van der Waals surface area contributed by atoms with Crippen LogP contribution in [0.4, 0.5) is 10.1 Å². The minimum atomic E-state index is -0.491. The van der Waals surface area contributed by atoms with Gasteiger partial charge in [0.05, 0.1) is 0 Å². The maximum absolute atomic E-state index is 13.2. The molecule has 0 aromatic heterocycles. The van der Waals surface area contributed by atoms with E-state index in [-0.39, 0.29) is 11.6 Å². The van der Waals surface area contributed by atoms with Crippen molar-refractivity contribution in [2.75, 3.05) is 0 Å². The highest BCUT2D eigenvalue weighted by Crippen LogP contribution is 2.31. The van der Waals surface area contributed by atoms with E-state index >= 15 is 0 Å². The van der Waals surface area contributed by atoms with Crippen molar-refractivity contribution in [3.63, 3.8) is 0 Å². The summed E-state index contributed by atoms with van der Waals surface area (Å²) >= 11 is 6.27. The second-order valence-corrected chi connectivity index (χ2v) is 4.02. The van der Waals surface area contributed by atoms with E-state index in [9.17, 15) is 4.39 Å². The number of nitrogens with zero attached hydrogens (tertiary/aromatic N) is 1. The minimum Gasteiger partial charge on any atom is -0.370 e. The third kappa shape index (κ3) is 2.67. The second-order valence-electron chi connectivity index (χ2n) is 2.25. The van der Waals surface area contributed by atoms with Crippen LogP contribution in [0, 0.1) is 5.82 Å². The van der Waals surface area contributed by atoms with E-state index in [0.29, 0.717) is 8.95 Å². The first-order valence-electron chi connectivity index (χ1n) is 3.25. The maximum Gasteiger partial charge on any atom is 0.191 e. The average molecular weight is 311 g/mol. The second kappa shape index (κ2) is 4.06. The van der Waals surface area contributed by atoms with Gasteiger partial charge in [-0.15, -0.1) is 0 Å². The van der Waals surface area contributed by atoms with Crippen LogP contribution in [-0.2, 0) is 0 Å². The molecule has 3 nitrogen and oxygen atoms in total. The van der Waals surface area contributed by atoms with Gasteiger partial charge < -0.3 is 11.5 Å². The molecule has 0 bridgehead atoms. The fourth-order valence-electron chi connectivity index (χ4n) is 0.770. The number of halogens is 3. The van der Waals surface area contributed by atoms with Crippen LogP contribution in [0.15, 0.2) is 26.1 Å². The van der Waals surface area contributed by atoms with Gasteiger partial charge in [-0.25, -0.2) is 9.38 Å². The average Bonchev–Trinajstić information content (AvgIpc) is 1.96. The van der Waals surface area contributed by atoms with Crippen molar-refractivity contribution in [1.29, 1.82) is 0 Å². The highest BCUT2D eigenvalue weighted by Gasteiger charge is 2.07. The summed E-state index contributed by atoms with van der Waals surface area (Å²) in [6.45, 7) is 0. The van der Waals surface area contributed by atoms with E-state index in [1.165, 1.54) is 6.07 Å². The van der Waals surface area contributed by atoms with Gasteiger partial charge in [0.25, 0.3) is 0 Å². The Morgan fingerprint density at radius 3 is 2.38 bits per heavy atom. The SMILES string of the molecule is NC(N)=Nc1c(F)cc(Br)cc1Br. The number of aliphatic imine (C=N–C) groups is 1. The predicted octanol–water partition coefficient (Wildman–Crippen LogP) is 2.26. The lowest BCUT2D eigenvalue weighted by molar-refractivity contribution is 0.628. The molecule has 0 heterocycles. The number of nitrogens with two attached hydrogens (primary N) is 2. The van der Waals surface area contributed by atoms with Gasteiger partial charge in [-0.3, -0.25) is 0 Å². The molecule has 0 saturated carbocycles. The molecule has 1 rings (SSSR count). The zero-order valence-corrected chi connectivity index (χ0v) is 9.56. The predicted molar refractivity (Wildman–Crippen MR) is 57.3 cm³/mol.